The largest absolute Gasteiger partial charge is 0.364 e. The summed E-state index contributed by atoms with van der Waals surface area (Å²) in [6.07, 6.45) is 3.12. The topological polar surface area (TPSA) is 122 Å². The van der Waals surface area contributed by atoms with Crippen LogP contribution in [-0.2, 0) is 21.5 Å². The molecule has 0 saturated heterocycles. The monoisotopic (exact) mass is 547 g/mol. The fourth-order valence-electron chi connectivity index (χ4n) is 4.31. The van der Waals surface area contributed by atoms with Crippen LogP contribution in [0.5, 0.6) is 0 Å². The molecule has 3 heterocycles. The average Bonchev–Trinajstić information content (AvgIpc) is 3.46. The number of nitrogens with two attached hydrogens (primary N) is 1. The molecule has 196 valence electrons. The van der Waals surface area contributed by atoms with E-state index in [1.165, 1.54) is 3.97 Å². The third-order valence-corrected chi connectivity index (χ3v) is 9.71. The first-order valence-electron chi connectivity index (χ1n) is 12.2. The summed E-state index contributed by atoms with van der Waals surface area (Å²) in [6.45, 7) is 7.66. The summed E-state index contributed by atoms with van der Waals surface area (Å²) in [6, 6.07) is 18.3. The molecular weight excluding hydrogens is 518 g/mol. The third kappa shape index (κ3) is 4.87. The van der Waals surface area contributed by atoms with Gasteiger partial charge in [-0.15, -0.1) is 0 Å². The molecule has 9 nitrogen and oxygen atoms in total. The molecule has 5 rings (SSSR count). The minimum Gasteiger partial charge on any atom is -0.364 e. The minimum atomic E-state index is -3.89. The van der Waals surface area contributed by atoms with Gasteiger partial charge in [-0.1, -0.05) is 43.9 Å². The van der Waals surface area contributed by atoms with Gasteiger partial charge in [-0.05, 0) is 48.0 Å². The van der Waals surface area contributed by atoms with E-state index in [-0.39, 0.29) is 17.3 Å². The van der Waals surface area contributed by atoms with E-state index in [0.717, 1.165) is 6.04 Å². The van der Waals surface area contributed by atoms with Crippen LogP contribution in [0.1, 0.15) is 10.5 Å². The van der Waals surface area contributed by atoms with Gasteiger partial charge in [0.2, 0.25) is 0 Å². The maximum absolute atomic E-state index is 13.5. The number of carbonyl (C=O) groups is 1. The van der Waals surface area contributed by atoms with Crippen LogP contribution in [0, 0.1) is 0 Å². The van der Waals surface area contributed by atoms with Gasteiger partial charge < -0.3 is 10.5 Å². The Kier molecular flexibility index (Phi) is 6.68. The van der Waals surface area contributed by atoms with Crippen LogP contribution in [0.2, 0.25) is 25.7 Å². The fourth-order valence-corrected chi connectivity index (χ4v) is 6.41. The normalized spacial score (nSPS) is 12.4. The number of benzene rings is 2. The van der Waals surface area contributed by atoms with Crippen molar-refractivity contribution >= 4 is 45.9 Å². The number of nitrogens with zero attached hydrogens (tertiary/aromatic N) is 4. The highest BCUT2D eigenvalue weighted by molar-refractivity contribution is 7.90. The van der Waals surface area contributed by atoms with E-state index < -0.39 is 24.0 Å². The number of carbonyl (C=O) groups excluding carboxylic acids is 1. The molecule has 0 fully saturated rings. The molecule has 0 aliphatic carbocycles. The number of fused-ring (bicyclic) bond motifs is 2. The molecule has 0 unspecified atom stereocenters. The Hall–Kier alpha value is -3.80. The number of primary amides is 1. The Morgan fingerprint density at radius 3 is 2.50 bits per heavy atom. The summed E-state index contributed by atoms with van der Waals surface area (Å²) in [5, 5.41) is 5.65. The van der Waals surface area contributed by atoms with Gasteiger partial charge in [0.1, 0.15) is 6.73 Å². The molecule has 0 aliphatic rings. The van der Waals surface area contributed by atoms with Gasteiger partial charge >= 0.3 is 0 Å². The van der Waals surface area contributed by atoms with Crippen LogP contribution >= 0.6 is 0 Å². The SMILES string of the molecule is C[Si](C)(C)CCOCn1nc(C(N)=O)c2cc(-c3cn(S(=O)(=O)c4ccccc4)c4ncccc34)ccc21. The summed E-state index contributed by atoms with van der Waals surface area (Å²) in [5.74, 6) is -0.649. The van der Waals surface area contributed by atoms with E-state index in [9.17, 15) is 13.2 Å². The van der Waals surface area contributed by atoms with Crippen molar-refractivity contribution in [2.45, 2.75) is 37.3 Å². The lowest BCUT2D eigenvalue weighted by Gasteiger charge is -2.15. The Morgan fingerprint density at radius 2 is 1.79 bits per heavy atom. The van der Waals surface area contributed by atoms with Gasteiger partial charge in [0.05, 0.1) is 10.4 Å². The number of pyridine rings is 1. The van der Waals surface area contributed by atoms with Gasteiger partial charge in [-0.2, -0.15) is 5.10 Å². The number of hydrogen-bond donors (Lipinski definition) is 1. The number of hydrogen-bond acceptors (Lipinski definition) is 6. The molecule has 0 radical (unpaired) electrons. The van der Waals surface area contributed by atoms with Gasteiger partial charge in [-0.3, -0.25) is 4.79 Å². The summed E-state index contributed by atoms with van der Waals surface area (Å²) < 4.78 is 35.6. The van der Waals surface area contributed by atoms with E-state index in [4.69, 9.17) is 10.5 Å². The molecular formula is C27H29N5O4SSi. The quantitative estimate of drug-likeness (QED) is 0.211. The van der Waals surface area contributed by atoms with Crippen molar-refractivity contribution in [3.05, 3.63) is 78.8 Å². The molecule has 0 atom stereocenters. The first-order valence-corrected chi connectivity index (χ1v) is 17.4. The molecule has 0 saturated carbocycles. The smallest absolute Gasteiger partial charge is 0.269 e. The van der Waals surface area contributed by atoms with E-state index in [2.05, 4.69) is 29.7 Å². The number of ether oxygens (including phenoxy) is 1. The Bertz CT molecular complexity index is 1760. The molecule has 0 bridgehead atoms. The molecule has 0 spiro atoms. The number of rotatable bonds is 9. The highest BCUT2D eigenvalue weighted by Gasteiger charge is 2.23. The van der Waals surface area contributed by atoms with Crippen LogP contribution < -0.4 is 5.73 Å². The predicted molar refractivity (Wildman–Crippen MR) is 150 cm³/mol. The second-order valence-electron chi connectivity index (χ2n) is 10.3. The summed E-state index contributed by atoms with van der Waals surface area (Å²) in [7, 11) is -5.13. The average molecular weight is 548 g/mol. The first kappa shape index (κ1) is 25.8. The maximum Gasteiger partial charge on any atom is 0.269 e. The molecule has 1 amide bonds. The summed E-state index contributed by atoms with van der Waals surface area (Å²) in [4.78, 5) is 16.8. The van der Waals surface area contributed by atoms with Crippen LogP contribution in [-0.4, -0.2) is 47.7 Å². The molecule has 2 aromatic carbocycles. The zero-order valence-corrected chi connectivity index (χ0v) is 23.3. The van der Waals surface area contributed by atoms with Crippen molar-refractivity contribution < 1.29 is 17.9 Å². The molecule has 3 aromatic heterocycles. The molecule has 11 heteroatoms. The van der Waals surface area contributed by atoms with Crippen molar-refractivity contribution in [3.8, 4) is 11.1 Å². The number of aromatic nitrogens is 4. The van der Waals surface area contributed by atoms with Gasteiger partial charge in [0, 0.05) is 43.4 Å². The van der Waals surface area contributed by atoms with Gasteiger partial charge in [-0.25, -0.2) is 22.1 Å². The minimum absolute atomic E-state index is 0.134. The summed E-state index contributed by atoms with van der Waals surface area (Å²) in [5.41, 5.74) is 8.18. The van der Waals surface area contributed by atoms with Crippen molar-refractivity contribution in [1.29, 1.82) is 0 Å². The molecule has 38 heavy (non-hydrogen) atoms. The molecule has 0 aliphatic heterocycles. The number of amides is 1. The van der Waals surface area contributed by atoms with Crippen LogP contribution in [0.25, 0.3) is 33.1 Å². The second-order valence-corrected chi connectivity index (χ2v) is 17.8. The summed E-state index contributed by atoms with van der Waals surface area (Å²) >= 11 is 0. The lowest BCUT2D eigenvalue weighted by atomic mass is 10.0. The van der Waals surface area contributed by atoms with Crippen LogP contribution in [0.3, 0.4) is 0 Å². The zero-order chi connectivity index (χ0) is 27.1. The standard InChI is InChI=1S/C27H29N5O4SSi/c1-38(2,3)15-14-36-18-31-24-12-11-19(16-22(24)25(30-31)26(28)33)23-17-32(27-21(23)10-7-13-29-27)37(34,35)20-8-5-4-6-9-20/h4-13,16-17H,14-15,18H2,1-3H3,(H2,28,33). The van der Waals surface area contributed by atoms with Gasteiger partial charge in [0.25, 0.3) is 15.9 Å². The van der Waals surface area contributed by atoms with Crippen LogP contribution in [0.4, 0.5) is 0 Å². The maximum atomic E-state index is 13.5. The second kappa shape index (κ2) is 9.82. The zero-order valence-electron chi connectivity index (χ0n) is 21.5. The van der Waals surface area contributed by atoms with Crippen LogP contribution in [0.15, 0.2) is 78.0 Å². The Labute approximate surface area is 221 Å². The van der Waals surface area contributed by atoms with Crippen molar-refractivity contribution in [3.63, 3.8) is 0 Å². The van der Waals surface area contributed by atoms with Crippen molar-refractivity contribution in [1.82, 2.24) is 18.7 Å². The Morgan fingerprint density at radius 1 is 1.03 bits per heavy atom. The first-order chi connectivity index (χ1) is 18.1. The van der Waals surface area contributed by atoms with E-state index in [0.29, 0.717) is 39.7 Å². The van der Waals surface area contributed by atoms with Crippen molar-refractivity contribution in [2.75, 3.05) is 6.61 Å². The molecule has 2 N–H and O–H groups in total. The van der Waals surface area contributed by atoms with E-state index in [1.807, 2.05) is 24.3 Å². The Balaban J connectivity index is 1.59. The van der Waals surface area contributed by atoms with Gasteiger partial charge in [0.15, 0.2) is 11.3 Å². The van der Waals surface area contributed by atoms with E-state index in [1.54, 1.807) is 53.5 Å². The highest BCUT2D eigenvalue weighted by atomic mass is 32.2. The highest BCUT2D eigenvalue weighted by Crippen LogP contribution is 2.34. The predicted octanol–water partition coefficient (Wildman–Crippen LogP) is 4.70. The van der Waals surface area contributed by atoms with Crippen molar-refractivity contribution in [2.24, 2.45) is 5.73 Å². The lowest BCUT2D eigenvalue weighted by molar-refractivity contribution is 0.0808. The van der Waals surface area contributed by atoms with E-state index >= 15 is 0 Å². The fraction of sp³-hybridized carbons (Fsp3) is 0.222. The third-order valence-electron chi connectivity index (χ3n) is 6.34. The molecule has 5 aromatic rings. The lowest BCUT2D eigenvalue weighted by Crippen LogP contribution is -2.22.